The molecule has 6 fully saturated rings. The predicted octanol–water partition coefficient (Wildman–Crippen LogP) is 2.26. The van der Waals surface area contributed by atoms with Gasteiger partial charge >= 0.3 is 0 Å². The van der Waals surface area contributed by atoms with Crippen LogP contribution in [-0.2, 0) is 26.2 Å². The van der Waals surface area contributed by atoms with E-state index in [-0.39, 0.29) is 45.8 Å². The second-order valence-electron chi connectivity index (χ2n) is 13.8. The van der Waals surface area contributed by atoms with Crippen molar-refractivity contribution >= 4 is 11.8 Å². The lowest BCUT2D eigenvalue weighted by molar-refractivity contribution is -0.251. The van der Waals surface area contributed by atoms with Crippen molar-refractivity contribution in [1.29, 1.82) is 0 Å². The maximum absolute atomic E-state index is 12.9. The highest BCUT2D eigenvalue weighted by atomic mass is 16.6. The van der Waals surface area contributed by atoms with Crippen molar-refractivity contribution in [3.8, 4) is 11.5 Å². The van der Waals surface area contributed by atoms with E-state index in [9.17, 15) is 14.7 Å². The van der Waals surface area contributed by atoms with Crippen LogP contribution < -0.4 is 15.4 Å². The van der Waals surface area contributed by atoms with Gasteiger partial charge in [-0.2, -0.15) is 0 Å². The third-order valence-corrected chi connectivity index (χ3v) is 12.0. The van der Waals surface area contributed by atoms with Gasteiger partial charge in [0.05, 0.1) is 0 Å². The van der Waals surface area contributed by atoms with Crippen LogP contribution in [0.25, 0.3) is 0 Å². The molecule has 1 aromatic carbocycles. The second kappa shape index (κ2) is 7.25. The summed E-state index contributed by atoms with van der Waals surface area (Å²) in [6, 6.07) is 3.91. The Labute approximate surface area is 223 Å². The summed E-state index contributed by atoms with van der Waals surface area (Å²) >= 11 is 0. The number of phenols is 1. The Morgan fingerprint density at radius 1 is 1.29 bits per heavy atom. The second-order valence-corrected chi connectivity index (χ2v) is 13.8. The largest absolute Gasteiger partial charge is 0.504 e. The Bertz CT molecular complexity index is 1260. The molecule has 8 heteroatoms. The zero-order chi connectivity index (χ0) is 26.2. The van der Waals surface area contributed by atoms with Gasteiger partial charge in [-0.25, -0.2) is 0 Å². The van der Waals surface area contributed by atoms with Crippen molar-refractivity contribution in [1.82, 2.24) is 15.5 Å². The Morgan fingerprint density at radius 3 is 2.84 bits per heavy atom. The van der Waals surface area contributed by atoms with Gasteiger partial charge < -0.3 is 25.2 Å². The summed E-state index contributed by atoms with van der Waals surface area (Å²) < 4.78 is 13.4. The Hall–Kier alpha value is -2.32. The number of phenolic OH excluding ortho intramolecular Hbond substituents is 1. The molecule has 8 atom stereocenters. The first-order chi connectivity index (χ1) is 18.2. The van der Waals surface area contributed by atoms with E-state index in [1.54, 1.807) is 14.0 Å². The van der Waals surface area contributed by atoms with Crippen molar-refractivity contribution in [2.24, 2.45) is 22.7 Å². The van der Waals surface area contributed by atoms with Crippen LogP contribution in [0.2, 0.25) is 0 Å². The average Bonchev–Trinajstić information content (AvgIpc) is 3.58. The van der Waals surface area contributed by atoms with Crippen LogP contribution in [0.1, 0.15) is 63.5 Å². The molecule has 5 saturated carbocycles. The van der Waals surface area contributed by atoms with Crippen LogP contribution >= 0.6 is 0 Å². The van der Waals surface area contributed by atoms with Gasteiger partial charge in [-0.05, 0) is 69.4 Å². The number of hydrogen-bond donors (Lipinski definition) is 3. The zero-order valence-electron chi connectivity index (χ0n) is 22.6. The molecular formula is C30H39N3O5. The molecule has 38 heavy (non-hydrogen) atoms. The van der Waals surface area contributed by atoms with Crippen LogP contribution in [0.3, 0.4) is 0 Å². The molecule has 4 bridgehead atoms. The monoisotopic (exact) mass is 521 g/mol. The minimum Gasteiger partial charge on any atom is -0.504 e. The first-order valence-electron chi connectivity index (χ1n) is 14.6. The molecule has 3 spiro atoms. The standard InChI is InChI=1S/C30H39N3O5/c1-16(32-17(2)34)24(36)31-12-20-11-28-8-9-30(20,37-3)26-29(28)14-27(15-33(25(27)28)13-18-4-5-18)10-19-6-7-21(35)23(38-26)22(19)29/h6-7,16,18,20,25-26,35H,4-5,8-15H2,1-3H3,(H,31,36)(H,32,34). The van der Waals surface area contributed by atoms with Gasteiger partial charge in [0.2, 0.25) is 11.8 Å². The molecule has 9 rings (SSSR count). The van der Waals surface area contributed by atoms with E-state index in [4.69, 9.17) is 9.47 Å². The Morgan fingerprint density at radius 2 is 2.11 bits per heavy atom. The smallest absolute Gasteiger partial charge is 0.242 e. The zero-order valence-corrected chi connectivity index (χ0v) is 22.6. The maximum atomic E-state index is 12.9. The number of carbonyl (C=O) groups excluding carboxylic acids is 2. The number of benzene rings is 1. The van der Waals surface area contributed by atoms with Gasteiger partial charge in [-0.3, -0.25) is 14.5 Å². The molecule has 1 aromatic rings. The average molecular weight is 522 g/mol. The molecule has 0 radical (unpaired) electrons. The molecular weight excluding hydrogens is 482 g/mol. The van der Waals surface area contributed by atoms with Crippen molar-refractivity contribution in [2.45, 2.75) is 88.0 Å². The first kappa shape index (κ1) is 23.6. The van der Waals surface area contributed by atoms with Gasteiger partial charge in [0.15, 0.2) is 11.5 Å². The summed E-state index contributed by atoms with van der Waals surface area (Å²) in [6.45, 7) is 6.01. The molecule has 0 aromatic heterocycles. The summed E-state index contributed by atoms with van der Waals surface area (Å²) in [7, 11) is 1.80. The third kappa shape index (κ3) is 2.55. The summed E-state index contributed by atoms with van der Waals surface area (Å²) in [4.78, 5) is 27.3. The van der Waals surface area contributed by atoms with E-state index < -0.39 is 11.6 Å². The number of nitrogens with zero attached hydrogens (tertiary/aromatic N) is 1. The molecule has 2 amide bonds. The fourth-order valence-electron chi connectivity index (χ4n) is 10.9. The molecule has 3 N–H and O–H groups in total. The summed E-state index contributed by atoms with van der Waals surface area (Å²) in [5.41, 5.74) is 2.23. The fourth-order valence-corrected chi connectivity index (χ4v) is 10.9. The number of nitrogens with one attached hydrogen (secondary N) is 2. The van der Waals surface area contributed by atoms with Crippen LogP contribution in [0.5, 0.6) is 11.5 Å². The molecule has 1 saturated heterocycles. The minimum atomic E-state index is -0.586. The lowest BCUT2D eigenvalue weighted by atomic mass is 9.40. The van der Waals surface area contributed by atoms with E-state index in [2.05, 4.69) is 21.6 Å². The third-order valence-electron chi connectivity index (χ3n) is 12.0. The van der Waals surface area contributed by atoms with Crippen LogP contribution in [0, 0.1) is 22.7 Å². The Kier molecular flexibility index (Phi) is 4.49. The molecule has 6 aliphatic carbocycles. The summed E-state index contributed by atoms with van der Waals surface area (Å²) in [6.07, 6.45) is 7.68. The number of methoxy groups -OCH3 is 1. The fraction of sp³-hybridized carbons (Fsp3) is 0.733. The number of carbonyl (C=O) groups is 2. The van der Waals surface area contributed by atoms with Gasteiger partial charge in [0.1, 0.15) is 17.7 Å². The lowest BCUT2D eigenvalue weighted by Crippen LogP contribution is -2.77. The highest BCUT2D eigenvalue weighted by Crippen LogP contribution is 2.83. The number of rotatable bonds is 7. The molecule has 2 aliphatic heterocycles. The molecule has 2 heterocycles. The molecule has 8 aliphatic rings. The SMILES string of the molecule is COC12CCC3(CC1CNC(=O)C(C)NC(C)=O)C1N(CC4CC4)CC14Cc1ccc(O)c5c1C3(C4)C2O5. The minimum absolute atomic E-state index is 0.0357. The van der Waals surface area contributed by atoms with Crippen molar-refractivity contribution in [2.75, 3.05) is 26.7 Å². The number of aromatic hydroxyl groups is 1. The predicted molar refractivity (Wildman–Crippen MR) is 139 cm³/mol. The number of hydrogen-bond acceptors (Lipinski definition) is 6. The van der Waals surface area contributed by atoms with Gasteiger partial charge in [0.25, 0.3) is 0 Å². The summed E-state index contributed by atoms with van der Waals surface area (Å²) in [5.74, 6) is 1.48. The normalized spacial score (nSPS) is 43.5. The Balaban J connectivity index is 1.22. The van der Waals surface area contributed by atoms with E-state index in [0.717, 1.165) is 44.6 Å². The number of ether oxygens (including phenoxy) is 2. The van der Waals surface area contributed by atoms with Gasteiger partial charge in [0, 0.05) is 67.4 Å². The molecule has 204 valence electrons. The van der Waals surface area contributed by atoms with Crippen molar-refractivity contribution in [3.63, 3.8) is 0 Å². The quantitative estimate of drug-likeness (QED) is 0.509. The van der Waals surface area contributed by atoms with Crippen molar-refractivity contribution in [3.05, 3.63) is 23.3 Å². The highest BCUT2D eigenvalue weighted by Gasteiger charge is 2.87. The maximum Gasteiger partial charge on any atom is 0.242 e. The number of likely N-dealkylation sites (tertiary alicyclic amines) is 1. The first-order valence-corrected chi connectivity index (χ1v) is 14.6. The molecule has 8 unspecified atom stereocenters. The van der Waals surface area contributed by atoms with E-state index in [0.29, 0.717) is 18.3 Å². The number of fused-ring (bicyclic) bond motifs is 2. The van der Waals surface area contributed by atoms with E-state index in [1.807, 2.05) is 6.07 Å². The summed E-state index contributed by atoms with van der Waals surface area (Å²) in [5, 5.41) is 16.9. The van der Waals surface area contributed by atoms with Gasteiger partial charge in [-0.1, -0.05) is 6.07 Å². The van der Waals surface area contributed by atoms with Gasteiger partial charge in [-0.15, -0.1) is 0 Å². The van der Waals surface area contributed by atoms with Crippen LogP contribution in [-0.4, -0.2) is 72.4 Å². The topological polar surface area (TPSA) is 100 Å². The lowest BCUT2D eigenvalue weighted by Gasteiger charge is -2.68. The van der Waals surface area contributed by atoms with Crippen molar-refractivity contribution < 1.29 is 24.2 Å². The van der Waals surface area contributed by atoms with E-state index in [1.165, 1.54) is 37.4 Å². The van der Waals surface area contributed by atoms with E-state index >= 15 is 0 Å². The number of amides is 2. The van der Waals surface area contributed by atoms with Crippen LogP contribution in [0.4, 0.5) is 0 Å². The molecule has 8 nitrogen and oxygen atoms in total. The highest BCUT2D eigenvalue weighted by molar-refractivity contribution is 5.86. The van der Waals surface area contributed by atoms with Crippen LogP contribution in [0.15, 0.2) is 12.1 Å².